The maximum atomic E-state index is 12.7. The minimum absolute atomic E-state index is 0.0220. The molecule has 0 aliphatic rings. The van der Waals surface area contributed by atoms with Gasteiger partial charge in [0.25, 0.3) is 0 Å². The van der Waals surface area contributed by atoms with Gasteiger partial charge in [-0.05, 0) is 12.8 Å². The van der Waals surface area contributed by atoms with E-state index >= 15 is 0 Å². The van der Waals surface area contributed by atoms with Crippen LogP contribution in [0.5, 0.6) is 0 Å². The highest BCUT2D eigenvalue weighted by Gasteiger charge is 2.27. The van der Waals surface area contributed by atoms with E-state index in [4.69, 9.17) is 31.9 Å². The van der Waals surface area contributed by atoms with E-state index in [0.717, 1.165) is 25.7 Å². The largest absolute Gasteiger partial charge is 0.481 e. The summed E-state index contributed by atoms with van der Waals surface area (Å²) < 4.78 is 78.6. The summed E-state index contributed by atoms with van der Waals surface area (Å²) in [6.07, 6.45) is 1.17. The molecule has 0 rings (SSSR count). The second-order valence-electron chi connectivity index (χ2n) is 11.0. The first-order chi connectivity index (χ1) is 21.6. The maximum absolute atomic E-state index is 12.7. The van der Waals surface area contributed by atoms with Crippen LogP contribution in [0.3, 0.4) is 0 Å². The second kappa shape index (κ2) is 24.0. The van der Waals surface area contributed by atoms with E-state index in [0.29, 0.717) is 17.4 Å². The molecule has 0 aliphatic heterocycles. The Kier molecular flexibility index (Phi) is 17.3. The lowest BCUT2D eigenvalue weighted by atomic mass is 10.0. The number of rotatable bonds is 28. The van der Waals surface area contributed by atoms with Crippen molar-refractivity contribution in [1.29, 1.82) is 0 Å². The van der Waals surface area contributed by atoms with Crippen molar-refractivity contribution in [2.45, 2.75) is 122 Å². The van der Waals surface area contributed by atoms with Crippen molar-refractivity contribution in [2.24, 2.45) is 0 Å². The molecule has 0 heterocycles. The summed E-state index contributed by atoms with van der Waals surface area (Å²) in [6.45, 7) is 0.619. The van der Waals surface area contributed by atoms with E-state index in [-0.39, 0.29) is 13.0 Å². The second-order valence-corrected chi connectivity index (χ2v) is 12.4. The quantitative estimate of drug-likeness (QED) is 0.0463. The molecule has 1 unspecified atom stereocenters. The molecular formula is C29H57NO10P+. The highest BCUT2D eigenvalue weighted by atomic mass is 31.2. The van der Waals surface area contributed by atoms with Crippen LogP contribution in [0.25, 0.3) is 0 Å². The Hall–Kier alpha value is -1.52. The molecule has 2 atom stereocenters. The monoisotopic (exact) mass is 616 g/mol. The predicted octanol–water partition coefficient (Wildman–Crippen LogP) is 6.02. The highest BCUT2D eigenvalue weighted by Crippen LogP contribution is 2.43. The number of phosphoric ester groups is 1. The number of ether oxygens (including phenoxy) is 2. The number of likely N-dealkylation sites (N-methyl/N-ethyl adjacent to an activating group) is 1. The Balaban J connectivity index is 5.03. The summed E-state index contributed by atoms with van der Waals surface area (Å²) in [5.74, 6) is -5.08. The van der Waals surface area contributed by atoms with E-state index in [1.807, 2.05) is 21.1 Å². The number of aliphatic carboxylic acids is 1. The van der Waals surface area contributed by atoms with Crippen molar-refractivity contribution in [3.05, 3.63) is 0 Å². The van der Waals surface area contributed by atoms with Crippen LogP contribution < -0.4 is 0 Å². The number of quaternary nitrogens is 1. The van der Waals surface area contributed by atoms with Crippen molar-refractivity contribution in [2.75, 3.05) is 47.5 Å². The third-order valence-electron chi connectivity index (χ3n) is 5.96. The standard InChI is InChI=1S/C29H56NO10P/c1-5-6-7-8-9-10-11-12-13-14-15-16-17-20-28(33)37-24-26(40-29(34)21-18-19-27(31)32)25-39-41(35,36)38-23-22-30(2,3)4/h26H,5-25H2,1-4H3,(H-,31,32,35,36)/p+1/t26-/m1/s1/i18D2,19D2,21D2. The zero-order valence-corrected chi connectivity index (χ0v) is 26.3. The fourth-order valence-corrected chi connectivity index (χ4v) is 4.36. The molecule has 0 aliphatic carbocycles. The number of carboxylic acid groups (broad SMARTS) is 1. The van der Waals surface area contributed by atoms with Crippen molar-refractivity contribution in [1.82, 2.24) is 0 Å². The molecule has 0 aromatic heterocycles. The van der Waals surface area contributed by atoms with E-state index in [1.165, 1.54) is 51.4 Å². The van der Waals surface area contributed by atoms with Crippen molar-refractivity contribution < 1.29 is 60.2 Å². The summed E-state index contributed by atoms with van der Waals surface area (Å²) in [5, 5.41) is 9.05. The number of unbranched alkanes of at least 4 members (excludes halogenated alkanes) is 12. The van der Waals surface area contributed by atoms with E-state index in [1.54, 1.807) is 0 Å². The van der Waals surface area contributed by atoms with E-state index in [2.05, 4.69) is 6.92 Å². The smallest absolute Gasteiger partial charge is 0.472 e. The van der Waals surface area contributed by atoms with Crippen LogP contribution in [0.2, 0.25) is 0 Å². The van der Waals surface area contributed by atoms with Gasteiger partial charge in [0.1, 0.15) is 19.8 Å². The minimum Gasteiger partial charge on any atom is -0.481 e. The van der Waals surface area contributed by atoms with E-state index < -0.39 is 64.2 Å². The van der Waals surface area contributed by atoms with Gasteiger partial charge in [-0.1, -0.05) is 84.0 Å². The van der Waals surface area contributed by atoms with Crippen LogP contribution >= 0.6 is 7.82 Å². The van der Waals surface area contributed by atoms with Crippen LogP contribution in [0.1, 0.15) is 124 Å². The number of phosphoric acid groups is 1. The first-order valence-electron chi connectivity index (χ1n) is 17.6. The number of hydrogen-bond acceptors (Lipinski definition) is 8. The molecule has 0 spiro atoms. The Morgan fingerprint density at radius 2 is 1.34 bits per heavy atom. The number of nitrogens with zero attached hydrogens (tertiary/aromatic N) is 1. The molecule has 0 amide bonds. The first-order valence-corrected chi connectivity index (χ1v) is 16.1. The molecule has 12 heteroatoms. The lowest BCUT2D eigenvalue weighted by molar-refractivity contribution is -0.870. The molecule has 0 aromatic carbocycles. The summed E-state index contributed by atoms with van der Waals surface area (Å²) in [4.78, 5) is 46.3. The number of carboxylic acids is 1. The topological polar surface area (TPSA) is 146 Å². The number of carbonyl (C=O) groups excluding carboxylic acids is 2. The molecule has 0 radical (unpaired) electrons. The van der Waals surface area contributed by atoms with Gasteiger partial charge in [0.05, 0.1) is 27.7 Å². The summed E-state index contributed by atoms with van der Waals surface area (Å²) in [5.41, 5.74) is 0. The van der Waals surface area contributed by atoms with Gasteiger partial charge in [-0.15, -0.1) is 0 Å². The Morgan fingerprint density at radius 1 is 0.805 bits per heavy atom. The van der Waals surface area contributed by atoms with Gasteiger partial charge in [0.2, 0.25) is 0 Å². The van der Waals surface area contributed by atoms with Gasteiger partial charge in [0, 0.05) is 27.4 Å². The number of hydrogen-bond donors (Lipinski definition) is 2. The van der Waals surface area contributed by atoms with Crippen LogP contribution in [0.4, 0.5) is 0 Å². The molecule has 2 N–H and O–H groups in total. The van der Waals surface area contributed by atoms with Gasteiger partial charge in [0.15, 0.2) is 6.10 Å². The van der Waals surface area contributed by atoms with Gasteiger partial charge >= 0.3 is 25.7 Å². The van der Waals surface area contributed by atoms with Crippen LogP contribution in [-0.2, 0) is 37.5 Å². The average Bonchev–Trinajstić information content (AvgIpc) is 2.95. The zero-order chi connectivity index (χ0) is 36.4. The molecule has 0 bridgehead atoms. The normalized spacial score (nSPS) is 17.1. The minimum atomic E-state index is -4.73. The Labute approximate surface area is 255 Å². The van der Waals surface area contributed by atoms with Crippen LogP contribution in [0.15, 0.2) is 0 Å². The summed E-state index contributed by atoms with van der Waals surface area (Å²) >= 11 is 0. The predicted molar refractivity (Wildman–Crippen MR) is 157 cm³/mol. The Bertz CT molecular complexity index is 997. The molecule has 11 nitrogen and oxygen atoms in total. The fraction of sp³-hybridized carbons (Fsp3) is 0.897. The fourth-order valence-electron chi connectivity index (χ4n) is 3.62. The molecule has 0 saturated carbocycles. The van der Waals surface area contributed by atoms with Gasteiger partial charge in [-0.3, -0.25) is 23.4 Å². The van der Waals surface area contributed by atoms with Gasteiger partial charge in [-0.25, -0.2) is 4.57 Å². The molecule has 0 saturated heterocycles. The SMILES string of the molecule is [2H]C([2H])(C(=O)O)C([2H])([2H])C([2H])([2H])C(=O)O[C@H](COC(=O)CCCCCCCCCCCCCCC)COP(=O)(O)OCC[N+](C)(C)C. The molecule has 242 valence electrons. The highest BCUT2D eigenvalue weighted by molar-refractivity contribution is 7.47. The lowest BCUT2D eigenvalue weighted by Crippen LogP contribution is -2.37. The van der Waals surface area contributed by atoms with E-state index in [9.17, 15) is 23.8 Å². The molecule has 0 fully saturated rings. The number of carbonyl (C=O) groups is 3. The average molecular weight is 617 g/mol. The molecule has 0 aromatic rings. The maximum Gasteiger partial charge on any atom is 0.472 e. The van der Waals surface area contributed by atoms with Crippen LogP contribution in [0, 0.1) is 0 Å². The van der Waals surface area contributed by atoms with Gasteiger partial charge in [-0.2, -0.15) is 0 Å². The third-order valence-corrected chi connectivity index (χ3v) is 6.95. The van der Waals surface area contributed by atoms with Crippen molar-refractivity contribution in [3.63, 3.8) is 0 Å². The zero-order valence-electron chi connectivity index (χ0n) is 31.4. The van der Waals surface area contributed by atoms with Crippen molar-refractivity contribution in [3.8, 4) is 0 Å². The first kappa shape index (κ1) is 29.5. The van der Waals surface area contributed by atoms with Crippen LogP contribution in [-0.4, -0.2) is 86.0 Å². The Morgan fingerprint density at radius 3 is 1.85 bits per heavy atom. The summed E-state index contributed by atoms with van der Waals surface area (Å²) in [7, 11) is 0.712. The number of esters is 2. The lowest BCUT2D eigenvalue weighted by Gasteiger charge is -2.24. The third kappa shape index (κ3) is 28.4. The molecular weight excluding hydrogens is 553 g/mol. The van der Waals surface area contributed by atoms with Crippen molar-refractivity contribution >= 4 is 25.7 Å². The van der Waals surface area contributed by atoms with Gasteiger partial charge < -0.3 is 24.0 Å². The summed E-state index contributed by atoms with van der Waals surface area (Å²) in [6, 6.07) is 0. The molecule has 41 heavy (non-hydrogen) atoms.